The molecule has 18 heavy (non-hydrogen) atoms. The van der Waals surface area contributed by atoms with E-state index in [-0.39, 0.29) is 5.60 Å². The summed E-state index contributed by atoms with van der Waals surface area (Å²) in [6.45, 7) is 3.91. The van der Waals surface area contributed by atoms with Crippen LogP contribution in [0.4, 0.5) is 5.69 Å². The highest BCUT2D eigenvalue weighted by atomic mass is 35.5. The molecule has 0 fully saturated rings. The number of nitrogens with one attached hydrogen (secondary N) is 1. The molecule has 6 heteroatoms. The van der Waals surface area contributed by atoms with Crippen LogP contribution in [0.15, 0.2) is 24.3 Å². The standard InChI is InChI=1S/C12H18ClNO3S/c1-12(2,8-9-13)17-11-6-4-10(5-7-11)14-18(3,15)16/h4-7,14H,8-9H2,1-3H3. The maximum absolute atomic E-state index is 11.0. The number of rotatable bonds is 6. The lowest BCUT2D eigenvalue weighted by Gasteiger charge is -2.25. The van der Waals surface area contributed by atoms with Crippen LogP contribution < -0.4 is 9.46 Å². The largest absolute Gasteiger partial charge is 0.488 e. The predicted molar refractivity (Wildman–Crippen MR) is 75.0 cm³/mol. The van der Waals surface area contributed by atoms with Crippen LogP contribution in [-0.2, 0) is 10.0 Å². The smallest absolute Gasteiger partial charge is 0.229 e. The number of sulfonamides is 1. The quantitative estimate of drug-likeness (QED) is 0.820. The topological polar surface area (TPSA) is 55.4 Å². The Bertz CT molecular complexity index is 483. The van der Waals surface area contributed by atoms with Gasteiger partial charge in [0.05, 0.1) is 6.26 Å². The van der Waals surface area contributed by atoms with Crippen molar-refractivity contribution >= 4 is 27.3 Å². The lowest BCUT2D eigenvalue weighted by Crippen LogP contribution is -2.28. The first kappa shape index (κ1) is 15.1. The van der Waals surface area contributed by atoms with E-state index in [0.29, 0.717) is 17.3 Å². The van der Waals surface area contributed by atoms with Gasteiger partial charge in [0.2, 0.25) is 10.0 Å². The molecule has 0 aromatic heterocycles. The lowest BCUT2D eigenvalue weighted by molar-refractivity contribution is 0.106. The van der Waals surface area contributed by atoms with Crippen molar-refractivity contribution in [1.29, 1.82) is 0 Å². The summed E-state index contributed by atoms with van der Waals surface area (Å²) in [4.78, 5) is 0. The van der Waals surface area contributed by atoms with E-state index in [0.717, 1.165) is 12.7 Å². The molecule has 0 aliphatic carbocycles. The van der Waals surface area contributed by atoms with E-state index in [1.54, 1.807) is 24.3 Å². The second-order valence-corrected chi connectivity index (χ2v) is 6.83. The Morgan fingerprint density at radius 1 is 1.28 bits per heavy atom. The SMILES string of the molecule is CC(C)(CCCl)Oc1ccc(NS(C)(=O)=O)cc1. The third-order valence-corrected chi connectivity index (χ3v) is 3.04. The third-order valence-electron chi connectivity index (χ3n) is 2.25. The van der Waals surface area contributed by atoms with Crippen molar-refractivity contribution in [3.63, 3.8) is 0 Å². The molecule has 0 saturated carbocycles. The zero-order valence-corrected chi connectivity index (χ0v) is 12.3. The second-order valence-electron chi connectivity index (χ2n) is 4.70. The molecule has 1 rings (SSSR count). The van der Waals surface area contributed by atoms with E-state index >= 15 is 0 Å². The van der Waals surface area contributed by atoms with Gasteiger partial charge in [-0.25, -0.2) is 8.42 Å². The molecule has 0 aliphatic heterocycles. The van der Waals surface area contributed by atoms with Crippen molar-refractivity contribution < 1.29 is 13.2 Å². The number of anilines is 1. The van der Waals surface area contributed by atoms with Crippen LogP contribution in [0, 0.1) is 0 Å². The highest BCUT2D eigenvalue weighted by Gasteiger charge is 2.18. The maximum atomic E-state index is 11.0. The number of benzene rings is 1. The number of halogens is 1. The van der Waals surface area contributed by atoms with Crippen LogP contribution in [0.25, 0.3) is 0 Å². The van der Waals surface area contributed by atoms with Gasteiger partial charge in [-0.15, -0.1) is 11.6 Å². The summed E-state index contributed by atoms with van der Waals surface area (Å²) in [6, 6.07) is 6.77. The summed E-state index contributed by atoms with van der Waals surface area (Å²) in [7, 11) is -3.24. The minimum atomic E-state index is -3.24. The molecule has 1 N–H and O–H groups in total. The molecular formula is C12H18ClNO3S. The van der Waals surface area contributed by atoms with Crippen LogP contribution in [-0.4, -0.2) is 26.2 Å². The van der Waals surface area contributed by atoms with Gasteiger partial charge in [-0.3, -0.25) is 4.72 Å². The van der Waals surface area contributed by atoms with E-state index in [4.69, 9.17) is 16.3 Å². The molecule has 4 nitrogen and oxygen atoms in total. The van der Waals surface area contributed by atoms with Gasteiger partial charge in [-0.05, 0) is 38.1 Å². The van der Waals surface area contributed by atoms with Crippen molar-refractivity contribution in [3.05, 3.63) is 24.3 Å². The molecule has 0 radical (unpaired) electrons. The van der Waals surface area contributed by atoms with E-state index in [9.17, 15) is 8.42 Å². The average molecular weight is 292 g/mol. The van der Waals surface area contributed by atoms with Crippen LogP contribution >= 0.6 is 11.6 Å². The van der Waals surface area contributed by atoms with Gasteiger partial charge in [-0.1, -0.05) is 0 Å². The molecule has 1 aromatic rings. The Labute approximate surface area is 113 Å². The molecule has 0 amide bonds. The van der Waals surface area contributed by atoms with E-state index in [1.807, 2.05) is 13.8 Å². The number of ether oxygens (including phenoxy) is 1. The van der Waals surface area contributed by atoms with Crippen molar-refractivity contribution in [1.82, 2.24) is 0 Å². The first-order valence-corrected chi connectivity index (χ1v) is 7.97. The first-order chi connectivity index (χ1) is 8.22. The summed E-state index contributed by atoms with van der Waals surface area (Å²) in [6.07, 6.45) is 1.85. The fourth-order valence-corrected chi connectivity index (χ4v) is 2.42. The second kappa shape index (κ2) is 5.80. The Balaban J connectivity index is 2.72. The summed E-state index contributed by atoms with van der Waals surface area (Å²) < 4.78 is 30.2. The summed E-state index contributed by atoms with van der Waals surface area (Å²) in [5.41, 5.74) is 0.174. The summed E-state index contributed by atoms with van der Waals surface area (Å²) in [5, 5.41) is 0. The van der Waals surface area contributed by atoms with Crippen molar-refractivity contribution in [2.45, 2.75) is 25.9 Å². The number of hydrogen-bond donors (Lipinski definition) is 1. The maximum Gasteiger partial charge on any atom is 0.229 e. The van der Waals surface area contributed by atoms with Crippen LogP contribution in [0.2, 0.25) is 0 Å². The summed E-state index contributed by atoms with van der Waals surface area (Å²) in [5.74, 6) is 1.21. The first-order valence-electron chi connectivity index (χ1n) is 5.55. The van der Waals surface area contributed by atoms with Crippen LogP contribution in [0.5, 0.6) is 5.75 Å². The predicted octanol–water partition coefficient (Wildman–Crippen LogP) is 2.84. The van der Waals surface area contributed by atoms with Crippen molar-refractivity contribution in [3.8, 4) is 5.75 Å². The molecule has 0 atom stereocenters. The van der Waals surface area contributed by atoms with Crippen LogP contribution in [0.1, 0.15) is 20.3 Å². The van der Waals surface area contributed by atoms with Gasteiger partial charge in [0, 0.05) is 18.0 Å². The van der Waals surface area contributed by atoms with Gasteiger partial charge < -0.3 is 4.74 Å². The van der Waals surface area contributed by atoms with Crippen LogP contribution in [0.3, 0.4) is 0 Å². The highest BCUT2D eigenvalue weighted by Crippen LogP contribution is 2.23. The Morgan fingerprint density at radius 2 is 1.83 bits per heavy atom. The zero-order chi connectivity index (χ0) is 13.8. The van der Waals surface area contributed by atoms with Gasteiger partial charge in [0.15, 0.2) is 0 Å². The van der Waals surface area contributed by atoms with Gasteiger partial charge in [0.1, 0.15) is 11.4 Å². The molecule has 0 bridgehead atoms. The molecule has 0 heterocycles. The minimum absolute atomic E-state index is 0.340. The highest BCUT2D eigenvalue weighted by molar-refractivity contribution is 7.92. The molecule has 1 aromatic carbocycles. The van der Waals surface area contributed by atoms with E-state index < -0.39 is 10.0 Å². The molecule has 102 valence electrons. The normalized spacial score (nSPS) is 12.2. The monoisotopic (exact) mass is 291 g/mol. The number of alkyl halides is 1. The minimum Gasteiger partial charge on any atom is -0.488 e. The molecule has 0 unspecified atom stereocenters. The van der Waals surface area contributed by atoms with Gasteiger partial charge in [-0.2, -0.15) is 0 Å². The Morgan fingerprint density at radius 3 is 2.28 bits per heavy atom. The third kappa shape index (κ3) is 5.60. The van der Waals surface area contributed by atoms with Crippen molar-refractivity contribution in [2.24, 2.45) is 0 Å². The lowest BCUT2D eigenvalue weighted by atomic mass is 10.1. The van der Waals surface area contributed by atoms with Gasteiger partial charge >= 0.3 is 0 Å². The van der Waals surface area contributed by atoms with Crippen molar-refractivity contribution in [2.75, 3.05) is 16.9 Å². The molecule has 0 spiro atoms. The fraction of sp³-hybridized carbons (Fsp3) is 0.500. The molecule has 0 aliphatic rings. The van der Waals surface area contributed by atoms with E-state index in [1.165, 1.54) is 0 Å². The Kier molecular flexibility index (Phi) is 4.87. The Hall–Kier alpha value is -0.940. The fourth-order valence-electron chi connectivity index (χ4n) is 1.40. The van der Waals surface area contributed by atoms with Gasteiger partial charge in [0.25, 0.3) is 0 Å². The zero-order valence-electron chi connectivity index (χ0n) is 10.7. The summed E-state index contributed by atoms with van der Waals surface area (Å²) >= 11 is 5.69. The number of hydrogen-bond acceptors (Lipinski definition) is 3. The van der Waals surface area contributed by atoms with E-state index in [2.05, 4.69) is 4.72 Å². The molecular weight excluding hydrogens is 274 g/mol. The molecule has 0 saturated heterocycles. The average Bonchev–Trinajstić information content (AvgIpc) is 2.18.